The van der Waals surface area contributed by atoms with Crippen LogP contribution in [0.25, 0.3) is 16.7 Å². The number of benzene rings is 1. The monoisotopic (exact) mass is 349 g/mol. The van der Waals surface area contributed by atoms with Crippen molar-refractivity contribution in [1.82, 2.24) is 14.5 Å². The molecule has 0 N–H and O–H groups in total. The molecule has 5 nitrogen and oxygen atoms in total. The molecule has 0 aliphatic heterocycles. The molecule has 0 bridgehead atoms. The van der Waals surface area contributed by atoms with Crippen molar-refractivity contribution in [2.45, 2.75) is 5.32 Å². The average molecular weight is 348 g/mol. The van der Waals surface area contributed by atoms with Gasteiger partial charge in [0.05, 0.1) is 0 Å². The van der Waals surface area contributed by atoms with Gasteiger partial charge in [-0.15, -0.1) is 0 Å². The molecule has 0 spiro atoms. The number of ether oxygens (including phenoxy) is 2. The molecule has 0 aliphatic rings. The predicted octanol–water partition coefficient (Wildman–Crippen LogP) is 1.84. The van der Waals surface area contributed by atoms with Crippen LogP contribution in [0.1, 0.15) is 5.56 Å². The van der Waals surface area contributed by atoms with Crippen LogP contribution < -0.4 is 9.47 Å². The minimum atomic E-state index is 0.715. The van der Waals surface area contributed by atoms with Crippen LogP contribution in [0.15, 0.2) is 36.9 Å². The van der Waals surface area contributed by atoms with Crippen LogP contribution in [0.2, 0.25) is 0 Å². The Bertz CT molecular complexity index is 760. The zero-order chi connectivity index (χ0) is 14.8. The van der Waals surface area contributed by atoms with E-state index in [1.54, 1.807) is 26.7 Å². The van der Waals surface area contributed by atoms with Crippen molar-refractivity contribution in [3.8, 4) is 17.2 Å². The zero-order valence-corrected chi connectivity index (χ0v) is 13.7. The Kier molecular flexibility index (Phi) is 3.81. The maximum atomic E-state index is 5.45. The Balaban J connectivity index is 2.23. The third-order valence-electron chi connectivity index (χ3n) is 3.34. The molecule has 0 aliphatic carbocycles. The standard InChI is InChI=1S/C15H15N3O2Se/c1-19-13-6-12(5-11(8-21)14(13)20-2)18-4-3-10-7-16-9-17-15(10)18/h3-7,9,21H,8H2,1-2H3. The van der Waals surface area contributed by atoms with E-state index < -0.39 is 0 Å². The Morgan fingerprint density at radius 2 is 2.10 bits per heavy atom. The molecule has 2 aromatic heterocycles. The van der Waals surface area contributed by atoms with Crippen LogP contribution in [-0.4, -0.2) is 44.8 Å². The quantitative estimate of drug-likeness (QED) is 0.675. The van der Waals surface area contributed by atoms with E-state index in [4.69, 9.17) is 9.47 Å². The van der Waals surface area contributed by atoms with Crippen LogP contribution in [0.4, 0.5) is 0 Å². The van der Waals surface area contributed by atoms with Gasteiger partial charge in [0.25, 0.3) is 0 Å². The van der Waals surface area contributed by atoms with Crippen molar-refractivity contribution in [2.75, 3.05) is 14.2 Å². The number of hydrogen-bond donors (Lipinski definition) is 0. The van der Waals surface area contributed by atoms with Crippen LogP contribution in [0.3, 0.4) is 0 Å². The maximum absolute atomic E-state index is 5.45. The summed E-state index contributed by atoms with van der Waals surface area (Å²) < 4.78 is 12.9. The van der Waals surface area contributed by atoms with Gasteiger partial charge in [0.1, 0.15) is 0 Å². The van der Waals surface area contributed by atoms with Gasteiger partial charge in [-0.25, -0.2) is 0 Å². The number of nitrogens with zero attached hydrogens (tertiary/aromatic N) is 3. The molecule has 0 radical (unpaired) electrons. The molecule has 0 amide bonds. The predicted molar refractivity (Wildman–Crippen MR) is 82.8 cm³/mol. The molecule has 0 saturated carbocycles. The first-order valence-electron chi connectivity index (χ1n) is 6.41. The molecule has 108 valence electrons. The van der Waals surface area contributed by atoms with Crippen molar-refractivity contribution in [1.29, 1.82) is 0 Å². The second-order valence-electron chi connectivity index (χ2n) is 4.49. The summed E-state index contributed by atoms with van der Waals surface area (Å²) in [5.41, 5.74) is 2.93. The summed E-state index contributed by atoms with van der Waals surface area (Å²) >= 11 is 2.56. The fourth-order valence-electron chi connectivity index (χ4n) is 2.37. The number of methoxy groups -OCH3 is 2. The summed E-state index contributed by atoms with van der Waals surface area (Å²) in [5, 5.41) is 1.80. The third kappa shape index (κ3) is 2.37. The summed E-state index contributed by atoms with van der Waals surface area (Å²) in [4.78, 5) is 8.39. The molecule has 21 heavy (non-hydrogen) atoms. The Labute approximate surface area is 130 Å². The Morgan fingerprint density at radius 3 is 2.81 bits per heavy atom. The van der Waals surface area contributed by atoms with Crippen molar-refractivity contribution in [3.05, 3.63) is 42.5 Å². The summed E-state index contributed by atoms with van der Waals surface area (Å²) in [6.07, 6.45) is 5.34. The molecule has 0 atom stereocenters. The van der Waals surface area contributed by atoms with E-state index in [1.165, 1.54) is 0 Å². The van der Waals surface area contributed by atoms with E-state index in [-0.39, 0.29) is 0 Å². The molecule has 0 unspecified atom stereocenters. The molecule has 1 aromatic carbocycles. The van der Waals surface area contributed by atoms with E-state index in [1.807, 2.05) is 22.9 Å². The molecular weight excluding hydrogens is 333 g/mol. The molecule has 6 heteroatoms. The van der Waals surface area contributed by atoms with E-state index in [9.17, 15) is 0 Å². The van der Waals surface area contributed by atoms with E-state index in [0.717, 1.165) is 33.4 Å². The first-order chi connectivity index (χ1) is 10.3. The van der Waals surface area contributed by atoms with Gasteiger partial charge in [0, 0.05) is 0 Å². The summed E-state index contributed by atoms with van der Waals surface area (Å²) in [5.74, 6) is 1.49. The molecule has 3 rings (SSSR count). The van der Waals surface area contributed by atoms with Gasteiger partial charge < -0.3 is 0 Å². The minimum absolute atomic E-state index is 0.715. The zero-order valence-electron chi connectivity index (χ0n) is 11.8. The molecule has 0 fully saturated rings. The first kappa shape index (κ1) is 13.9. The second kappa shape index (κ2) is 5.76. The number of fused-ring (bicyclic) bond motifs is 1. The van der Waals surface area contributed by atoms with Gasteiger partial charge in [0.15, 0.2) is 0 Å². The van der Waals surface area contributed by atoms with Crippen LogP contribution in [0.5, 0.6) is 11.5 Å². The van der Waals surface area contributed by atoms with Gasteiger partial charge in [-0.3, -0.25) is 0 Å². The van der Waals surface area contributed by atoms with Gasteiger partial charge in [-0.2, -0.15) is 0 Å². The van der Waals surface area contributed by atoms with Crippen molar-refractivity contribution < 1.29 is 9.47 Å². The molecule has 2 heterocycles. The van der Waals surface area contributed by atoms with Crippen molar-refractivity contribution >= 4 is 27.0 Å². The topological polar surface area (TPSA) is 49.2 Å². The number of hydrogen-bond acceptors (Lipinski definition) is 4. The number of aromatic nitrogens is 3. The SMILES string of the molecule is COc1cc(-n2ccc3cncnc32)cc(C[SeH])c1OC. The fraction of sp³-hybridized carbons (Fsp3) is 0.200. The van der Waals surface area contributed by atoms with Crippen molar-refractivity contribution in [2.24, 2.45) is 0 Å². The Morgan fingerprint density at radius 1 is 1.24 bits per heavy atom. The van der Waals surface area contributed by atoms with Gasteiger partial charge >= 0.3 is 130 Å². The molecule has 0 saturated heterocycles. The fourth-order valence-corrected chi connectivity index (χ4v) is 2.86. The average Bonchev–Trinajstić information content (AvgIpc) is 2.97. The van der Waals surface area contributed by atoms with E-state index >= 15 is 0 Å². The summed E-state index contributed by atoms with van der Waals surface area (Å²) in [6, 6.07) is 6.03. The second-order valence-corrected chi connectivity index (χ2v) is 5.15. The Hall–Kier alpha value is -2.04. The summed E-state index contributed by atoms with van der Waals surface area (Å²) in [6.45, 7) is 0. The van der Waals surface area contributed by atoms with E-state index in [0.29, 0.717) is 5.75 Å². The van der Waals surface area contributed by atoms with Gasteiger partial charge in [-0.1, -0.05) is 0 Å². The normalized spacial score (nSPS) is 10.8. The molecular formula is C15H15N3O2Se. The summed E-state index contributed by atoms with van der Waals surface area (Å²) in [7, 11) is 3.30. The van der Waals surface area contributed by atoms with E-state index in [2.05, 4.69) is 32.0 Å². The molecule has 3 aromatic rings. The van der Waals surface area contributed by atoms with Crippen molar-refractivity contribution in [3.63, 3.8) is 0 Å². The van der Waals surface area contributed by atoms with Crippen LogP contribution in [-0.2, 0) is 5.32 Å². The first-order valence-corrected chi connectivity index (χ1v) is 7.74. The third-order valence-corrected chi connectivity index (χ3v) is 4.05. The van der Waals surface area contributed by atoms with Gasteiger partial charge in [-0.05, 0) is 0 Å². The van der Waals surface area contributed by atoms with Crippen LogP contribution >= 0.6 is 0 Å². The van der Waals surface area contributed by atoms with Crippen LogP contribution in [0, 0.1) is 0 Å². The van der Waals surface area contributed by atoms with Gasteiger partial charge in [0.2, 0.25) is 0 Å². The number of rotatable bonds is 4.